The Morgan fingerprint density at radius 1 is 1.50 bits per heavy atom. The lowest BCUT2D eigenvalue weighted by Crippen LogP contribution is -2.12. The first-order valence-corrected chi connectivity index (χ1v) is 5.29. The van der Waals surface area contributed by atoms with E-state index >= 15 is 0 Å². The molecule has 0 amide bonds. The molecule has 1 aromatic carbocycles. The highest BCUT2D eigenvalue weighted by Gasteiger charge is 2.25. The standard InChI is InChI=1S/C12H16FNO.ClH/c1-15-12-7-9(13)4-5-10(12)11(14)6-8-2-3-8;/h4-5,7-8,11H,2-3,6,14H2,1H3;1H/t11-;/m0./s1. The van der Waals surface area contributed by atoms with Crippen molar-refractivity contribution in [3.05, 3.63) is 29.6 Å². The Morgan fingerprint density at radius 2 is 2.19 bits per heavy atom. The third-order valence-corrected chi connectivity index (χ3v) is 2.88. The summed E-state index contributed by atoms with van der Waals surface area (Å²) in [5.74, 6) is 1.03. The molecule has 0 unspecified atom stereocenters. The molecule has 0 bridgehead atoms. The quantitative estimate of drug-likeness (QED) is 0.885. The van der Waals surface area contributed by atoms with Gasteiger partial charge in [-0.05, 0) is 18.4 Å². The molecule has 0 radical (unpaired) electrons. The van der Waals surface area contributed by atoms with Crippen molar-refractivity contribution in [2.45, 2.75) is 25.3 Å². The van der Waals surface area contributed by atoms with Crippen LogP contribution in [0.25, 0.3) is 0 Å². The minimum atomic E-state index is -0.283. The molecule has 2 N–H and O–H groups in total. The van der Waals surface area contributed by atoms with Crippen LogP contribution < -0.4 is 10.5 Å². The van der Waals surface area contributed by atoms with Gasteiger partial charge in [0.2, 0.25) is 0 Å². The summed E-state index contributed by atoms with van der Waals surface area (Å²) in [5.41, 5.74) is 6.97. The van der Waals surface area contributed by atoms with Gasteiger partial charge in [-0.3, -0.25) is 0 Å². The average molecular weight is 246 g/mol. The molecule has 0 aromatic heterocycles. The van der Waals surface area contributed by atoms with Crippen LogP contribution in [0.3, 0.4) is 0 Å². The number of ether oxygens (including phenoxy) is 1. The monoisotopic (exact) mass is 245 g/mol. The molecule has 0 aliphatic heterocycles. The van der Waals surface area contributed by atoms with Gasteiger partial charge in [-0.1, -0.05) is 18.9 Å². The molecule has 1 aromatic rings. The van der Waals surface area contributed by atoms with Crippen molar-refractivity contribution >= 4 is 12.4 Å². The largest absolute Gasteiger partial charge is 0.496 e. The Hall–Kier alpha value is -0.800. The molecular weight excluding hydrogens is 229 g/mol. The van der Waals surface area contributed by atoms with Crippen LogP contribution >= 0.6 is 12.4 Å². The van der Waals surface area contributed by atoms with Crippen molar-refractivity contribution < 1.29 is 9.13 Å². The van der Waals surface area contributed by atoms with Crippen LogP contribution in [0.5, 0.6) is 5.75 Å². The smallest absolute Gasteiger partial charge is 0.126 e. The van der Waals surface area contributed by atoms with Gasteiger partial charge in [0.05, 0.1) is 7.11 Å². The van der Waals surface area contributed by atoms with E-state index in [2.05, 4.69) is 0 Å². The zero-order chi connectivity index (χ0) is 10.8. The molecule has 2 nitrogen and oxygen atoms in total. The maximum absolute atomic E-state index is 13.0. The first kappa shape index (κ1) is 13.3. The lowest BCUT2D eigenvalue weighted by atomic mass is 10.0. The van der Waals surface area contributed by atoms with E-state index in [0.29, 0.717) is 5.75 Å². The first-order valence-electron chi connectivity index (χ1n) is 5.29. The van der Waals surface area contributed by atoms with Gasteiger partial charge in [0.1, 0.15) is 11.6 Å². The Bertz CT molecular complexity index is 355. The molecule has 2 rings (SSSR count). The Labute approximate surface area is 101 Å². The second kappa shape index (κ2) is 5.51. The van der Waals surface area contributed by atoms with Crippen LogP contribution in [-0.2, 0) is 0 Å². The zero-order valence-electron chi connectivity index (χ0n) is 9.28. The SMILES string of the molecule is COc1cc(F)ccc1[C@@H](N)CC1CC1.Cl. The van der Waals surface area contributed by atoms with Crippen LogP contribution in [0.15, 0.2) is 18.2 Å². The third kappa shape index (κ3) is 3.09. The normalized spacial score (nSPS) is 16.4. The molecule has 0 saturated heterocycles. The molecular formula is C12H17ClFNO. The summed E-state index contributed by atoms with van der Waals surface area (Å²) < 4.78 is 18.1. The summed E-state index contributed by atoms with van der Waals surface area (Å²) in [6.07, 6.45) is 3.52. The van der Waals surface area contributed by atoms with Crippen molar-refractivity contribution in [1.29, 1.82) is 0 Å². The minimum Gasteiger partial charge on any atom is -0.496 e. The van der Waals surface area contributed by atoms with Crippen molar-refractivity contribution in [3.8, 4) is 5.75 Å². The summed E-state index contributed by atoms with van der Waals surface area (Å²) >= 11 is 0. The van der Waals surface area contributed by atoms with E-state index in [1.54, 1.807) is 13.2 Å². The number of rotatable bonds is 4. The highest BCUT2D eigenvalue weighted by atomic mass is 35.5. The molecule has 4 heteroatoms. The summed E-state index contributed by atoms with van der Waals surface area (Å²) in [6, 6.07) is 4.52. The van der Waals surface area contributed by atoms with E-state index < -0.39 is 0 Å². The maximum Gasteiger partial charge on any atom is 0.126 e. The van der Waals surface area contributed by atoms with Gasteiger partial charge in [0, 0.05) is 17.7 Å². The van der Waals surface area contributed by atoms with Crippen LogP contribution in [-0.4, -0.2) is 7.11 Å². The number of hydrogen-bond donors (Lipinski definition) is 1. The van der Waals surface area contributed by atoms with Crippen molar-refractivity contribution in [2.75, 3.05) is 7.11 Å². The van der Waals surface area contributed by atoms with Crippen LogP contribution in [0.1, 0.15) is 30.9 Å². The lowest BCUT2D eigenvalue weighted by Gasteiger charge is -2.15. The average Bonchev–Trinajstić information content (AvgIpc) is 3.01. The maximum atomic E-state index is 13.0. The molecule has 1 saturated carbocycles. The van der Waals surface area contributed by atoms with Gasteiger partial charge in [-0.25, -0.2) is 4.39 Å². The Balaban J connectivity index is 0.00000128. The molecule has 0 spiro atoms. The van der Waals surface area contributed by atoms with Crippen molar-refractivity contribution in [1.82, 2.24) is 0 Å². The van der Waals surface area contributed by atoms with E-state index in [1.165, 1.54) is 25.0 Å². The number of hydrogen-bond acceptors (Lipinski definition) is 2. The van der Waals surface area contributed by atoms with Crippen LogP contribution in [0.2, 0.25) is 0 Å². The van der Waals surface area contributed by atoms with Crippen molar-refractivity contribution in [2.24, 2.45) is 11.7 Å². The van der Waals surface area contributed by atoms with Gasteiger partial charge in [-0.15, -0.1) is 12.4 Å². The summed E-state index contributed by atoms with van der Waals surface area (Å²) in [6.45, 7) is 0. The molecule has 1 aliphatic carbocycles. The van der Waals surface area contributed by atoms with E-state index in [4.69, 9.17) is 10.5 Å². The molecule has 0 heterocycles. The highest BCUT2D eigenvalue weighted by Crippen LogP contribution is 2.38. The van der Waals surface area contributed by atoms with E-state index in [0.717, 1.165) is 17.9 Å². The van der Waals surface area contributed by atoms with E-state index in [-0.39, 0.29) is 24.3 Å². The molecule has 1 aliphatic rings. The molecule has 1 fully saturated rings. The summed E-state index contributed by atoms with van der Waals surface area (Å²) in [5, 5.41) is 0. The summed E-state index contributed by atoms with van der Waals surface area (Å²) in [7, 11) is 1.54. The highest BCUT2D eigenvalue weighted by molar-refractivity contribution is 5.85. The van der Waals surface area contributed by atoms with Crippen LogP contribution in [0, 0.1) is 11.7 Å². The number of nitrogens with two attached hydrogens (primary N) is 1. The fraction of sp³-hybridized carbons (Fsp3) is 0.500. The molecule has 90 valence electrons. The second-order valence-electron chi connectivity index (χ2n) is 4.17. The predicted molar refractivity (Wildman–Crippen MR) is 64.5 cm³/mol. The van der Waals surface area contributed by atoms with Gasteiger partial charge < -0.3 is 10.5 Å². The Kier molecular flexibility index (Phi) is 4.56. The fourth-order valence-corrected chi connectivity index (χ4v) is 1.83. The van der Waals surface area contributed by atoms with Crippen LogP contribution in [0.4, 0.5) is 4.39 Å². The fourth-order valence-electron chi connectivity index (χ4n) is 1.83. The van der Waals surface area contributed by atoms with Gasteiger partial charge in [0.15, 0.2) is 0 Å². The lowest BCUT2D eigenvalue weighted by molar-refractivity contribution is 0.399. The molecule has 1 atom stereocenters. The predicted octanol–water partition coefficient (Wildman–Crippen LogP) is 3.06. The Morgan fingerprint density at radius 3 is 2.75 bits per heavy atom. The van der Waals surface area contributed by atoms with Crippen molar-refractivity contribution in [3.63, 3.8) is 0 Å². The minimum absolute atomic E-state index is 0. The summed E-state index contributed by atoms with van der Waals surface area (Å²) in [4.78, 5) is 0. The van der Waals surface area contributed by atoms with Gasteiger partial charge >= 0.3 is 0 Å². The second-order valence-corrected chi connectivity index (χ2v) is 4.17. The number of benzene rings is 1. The van der Waals surface area contributed by atoms with Gasteiger partial charge in [-0.2, -0.15) is 0 Å². The third-order valence-electron chi connectivity index (χ3n) is 2.88. The topological polar surface area (TPSA) is 35.2 Å². The number of methoxy groups -OCH3 is 1. The van der Waals surface area contributed by atoms with E-state index in [1.807, 2.05) is 0 Å². The number of halogens is 2. The first-order chi connectivity index (χ1) is 7.20. The van der Waals surface area contributed by atoms with Gasteiger partial charge in [0.25, 0.3) is 0 Å². The van der Waals surface area contributed by atoms with E-state index in [9.17, 15) is 4.39 Å². The molecule has 16 heavy (non-hydrogen) atoms. The zero-order valence-corrected chi connectivity index (χ0v) is 10.1.